The highest BCUT2D eigenvalue weighted by atomic mass is 16.5. The van der Waals surface area contributed by atoms with Gasteiger partial charge in [0.25, 0.3) is 0 Å². The van der Waals surface area contributed by atoms with Crippen LogP contribution in [0.2, 0.25) is 0 Å². The molecule has 1 unspecified atom stereocenters. The maximum Gasteiger partial charge on any atom is 0.223 e. The Bertz CT molecular complexity index is 882. The molecule has 1 aromatic heterocycles. The Morgan fingerprint density at radius 2 is 1.84 bits per heavy atom. The third-order valence-electron chi connectivity index (χ3n) is 5.45. The molecule has 5 nitrogen and oxygen atoms in total. The van der Waals surface area contributed by atoms with E-state index >= 15 is 0 Å². The number of aromatic nitrogens is 1. The molecule has 2 N–H and O–H groups in total. The molecule has 2 aromatic rings. The van der Waals surface area contributed by atoms with Crippen LogP contribution in [-0.2, 0) is 13.0 Å². The Kier molecular flexibility index (Phi) is 4.50. The molecule has 0 aliphatic carbocycles. The predicted octanol–water partition coefficient (Wildman–Crippen LogP) is 3.28. The highest BCUT2D eigenvalue weighted by molar-refractivity contribution is 5.58. The first-order chi connectivity index (χ1) is 11.8. The minimum Gasteiger partial charge on any atom is -0.507 e. The Morgan fingerprint density at radius 3 is 2.56 bits per heavy atom. The topological polar surface area (TPSA) is 71.7 Å². The number of hydrogen-bond acceptors (Lipinski definition) is 4. The van der Waals surface area contributed by atoms with Crippen molar-refractivity contribution < 1.29 is 14.9 Å². The first-order valence-electron chi connectivity index (χ1n) is 8.68. The molecule has 0 spiro atoms. The van der Waals surface area contributed by atoms with Gasteiger partial charge in [0.2, 0.25) is 5.43 Å². The van der Waals surface area contributed by atoms with E-state index in [0.29, 0.717) is 18.0 Å². The van der Waals surface area contributed by atoms with Crippen molar-refractivity contribution >= 4 is 0 Å². The fraction of sp³-hybridized carbons (Fsp3) is 0.450. The fourth-order valence-corrected chi connectivity index (χ4v) is 3.55. The van der Waals surface area contributed by atoms with Crippen LogP contribution in [0, 0.1) is 27.7 Å². The van der Waals surface area contributed by atoms with Crippen molar-refractivity contribution in [2.24, 2.45) is 0 Å². The molecule has 2 heterocycles. The van der Waals surface area contributed by atoms with Gasteiger partial charge in [-0.2, -0.15) is 0 Å². The van der Waals surface area contributed by atoms with E-state index in [1.54, 1.807) is 13.1 Å². The van der Waals surface area contributed by atoms with Crippen LogP contribution < -0.4 is 10.2 Å². The van der Waals surface area contributed by atoms with Crippen molar-refractivity contribution in [3.63, 3.8) is 0 Å². The number of hydrogen-bond donors (Lipinski definition) is 2. The second-order valence-electron chi connectivity index (χ2n) is 6.91. The predicted molar refractivity (Wildman–Crippen MR) is 96.8 cm³/mol. The molecule has 1 aromatic carbocycles. The zero-order valence-electron chi connectivity index (χ0n) is 15.2. The number of aryl methyl sites for hydroxylation is 1. The summed E-state index contributed by atoms with van der Waals surface area (Å²) in [6.07, 6.45) is 4.36. The number of nitrogens with zero attached hydrogens (tertiary/aromatic N) is 1. The number of ether oxygens (including phenoxy) is 1. The van der Waals surface area contributed by atoms with E-state index in [1.807, 2.05) is 25.3 Å². The second-order valence-corrected chi connectivity index (χ2v) is 6.91. The van der Waals surface area contributed by atoms with Crippen molar-refractivity contribution in [3.05, 3.63) is 50.4 Å². The van der Waals surface area contributed by atoms with E-state index < -0.39 is 0 Å². The fourth-order valence-electron chi connectivity index (χ4n) is 3.55. The van der Waals surface area contributed by atoms with Crippen LogP contribution in [0.25, 0.3) is 0 Å². The Morgan fingerprint density at radius 1 is 1.12 bits per heavy atom. The molecule has 0 amide bonds. The minimum atomic E-state index is -0.349. The molecule has 0 radical (unpaired) electrons. The summed E-state index contributed by atoms with van der Waals surface area (Å²) in [6.45, 7) is 8.26. The highest BCUT2D eigenvalue weighted by Gasteiger charge is 2.26. The lowest BCUT2D eigenvalue weighted by atomic mass is 9.91. The van der Waals surface area contributed by atoms with Crippen LogP contribution in [0.5, 0.6) is 17.2 Å². The van der Waals surface area contributed by atoms with Gasteiger partial charge < -0.3 is 19.5 Å². The molecular weight excluding hydrogens is 318 g/mol. The summed E-state index contributed by atoms with van der Waals surface area (Å²) in [6, 6.07) is 1.39. The van der Waals surface area contributed by atoms with Crippen molar-refractivity contribution in [2.45, 2.75) is 59.6 Å². The van der Waals surface area contributed by atoms with Gasteiger partial charge in [-0.05, 0) is 57.2 Å². The first kappa shape index (κ1) is 17.4. The molecule has 0 saturated carbocycles. The largest absolute Gasteiger partial charge is 0.507 e. The van der Waals surface area contributed by atoms with E-state index in [-0.39, 0.29) is 17.3 Å². The lowest BCUT2D eigenvalue weighted by molar-refractivity contribution is 0.156. The SMILES string of the molecule is Cc1c(C)c2c(c(C)c1O)CCC(CCn1ccc(=O)c(O)c1C)O2. The average Bonchev–Trinajstić information content (AvgIpc) is 2.62. The summed E-state index contributed by atoms with van der Waals surface area (Å²) < 4.78 is 8.13. The monoisotopic (exact) mass is 343 g/mol. The molecule has 1 atom stereocenters. The molecule has 1 aliphatic rings. The number of rotatable bonds is 3. The highest BCUT2D eigenvalue weighted by Crippen LogP contribution is 2.41. The summed E-state index contributed by atoms with van der Waals surface area (Å²) in [5.74, 6) is 1.09. The summed E-state index contributed by atoms with van der Waals surface area (Å²) >= 11 is 0. The Balaban J connectivity index is 1.78. The van der Waals surface area contributed by atoms with Gasteiger partial charge in [-0.15, -0.1) is 0 Å². The lowest BCUT2D eigenvalue weighted by Crippen LogP contribution is -2.26. The Hall–Kier alpha value is -2.43. The van der Waals surface area contributed by atoms with Gasteiger partial charge in [-0.1, -0.05) is 0 Å². The van der Waals surface area contributed by atoms with Crippen LogP contribution in [0.4, 0.5) is 0 Å². The third-order valence-corrected chi connectivity index (χ3v) is 5.45. The van der Waals surface area contributed by atoms with Crippen LogP contribution in [0.3, 0.4) is 0 Å². The number of phenolic OH excluding ortho intramolecular Hbond substituents is 1. The van der Waals surface area contributed by atoms with Gasteiger partial charge in [0.1, 0.15) is 17.6 Å². The summed E-state index contributed by atoms with van der Waals surface area (Å²) in [4.78, 5) is 11.5. The summed E-state index contributed by atoms with van der Waals surface area (Å²) in [5.41, 5.74) is 4.12. The van der Waals surface area contributed by atoms with Gasteiger partial charge in [0.15, 0.2) is 5.75 Å². The molecule has 0 saturated heterocycles. The molecule has 25 heavy (non-hydrogen) atoms. The summed E-state index contributed by atoms with van der Waals surface area (Å²) in [5, 5.41) is 20.0. The van der Waals surface area contributed by atoms with Gasteiger partial charge in [-0.25, -0.2) is 0 Å². The number of benzene rings is 1. The maximum absolute atomic E-state index is 11.5. The van der Waals surface area contributed by atoms with Gasteiger partial charge >= 0.3 is 0 Å². The Labute approximate surface area is 147 Å². The van der Waals surface area contributed by atoms with Crippen LogP contribution in [0.15, 0.2) is 17.1 Å². The average molecular weight is 343 g/mol. The molecule has 0 bridgehead atoms. The molecule has 1 aliphatic heterocycles. The number of phenols is 1. The van der Waals surface area contributed by atoms with Crippen molar-refractivity contribution in [3.8, 4) is 17.2 Å². The number of pyridine rings is 1. The normalized spacial score (nSPS) is 16.4. The number of aromatic hydroxyl groups is 2. The van der Waals surface area contributed by atoms with Gasteiger partial charge in [-0.3, -0.25) is 4.79 Å². The maximum atomic E-state index is 11.5. The molecule has 134 valence electrons. The van der Waals surface area contributed by atoms with Gasteiger partial charge in [0.05, 0.1) is 5.69 Å². The van der Waals surface area contributed by atoms with E-state index in [9.17, 15) is 15.0 Å². The first-order valence-corrected chi connectivity index (χ1v) is 8.68. The van der Waals surface area contributed by atoms with Crippen LogP contribution in [0.1, 0.15) is 40.8 Å². The number of fused-ring (bicyclic) bond motifs is 1. The standard InChI is InChI=1S/C20H25NO4/c1-11-12(2)20-16(13(3)18(11)23)6-5-15(25-20)7-9-21-10-8-17(22)19(24)14(21)4/h8,10,15,23-24H,5-7,9H2,1-4H3. The smallest absolute Gasteiger partial charge is 0.223 e. The van der Waals surface area contributed by atoms with Crippen molar-refractivity contribution in [1.29, 1.82) is 0 Å². The lowest BCUT2D eigenvalue weighted by Gasteiger charge is -2.30. The molecule has 0 fully saturated rings. The quantitative estimate of drug-likeness (QED) is 0.897. The zero-order valence-corrected chi connectivity index (χ0v) is 15.2. The van der Waals surface area contributed by atoms with Crippen LogP contribution in [-0.4, -0.2) is 20.9 Å². The summed E-state index contributed by atoms with van der Waals surface area (Å²) in [7, 11) is 0. The van der Waals surface area contributed by atoms with Crippen LogP contribution >= 0.6 is 0 Å². The van der Waals surface area contributed by atoms with Crippen molar-refractivity contribution in [1.82, 2.24) is 4.57 Å². The van der Waals surface area contributed by atoms with E-state index in [0.717, 1.165) is 47.3 Å². The van der Waals surface area contributed by atoms with E-state index in [1.165, 1.54) is 6.07 Å². The van der Waals surface area contributed by atoms with E-state index in [2.05, 4.69) is 0 Å². The molecular formula is C20H25NO4. The zero-order chi connectivity index (χ0) is 18.3. The van der Waals surface area contributed by atoms with Gasteiger partial charge in [0, 0.05) is 30.8 Å². The third kappa shape index (κ3) is 2.99. The second kappa shape index (κ2) is 6.47. The molecule has 5 heteroatoms. The minimum absolute atomic E-state index is 0.0792. The van der Waals surface area contributed by atoms with E-state index in [4.69, 9.17) is 4.74 Å². The van der Waals surface area contributed by atoms with Crippen molar-refractivity contribution in [2.75, 3.05) is 0 Å². The molecule has 3 rings (SSSR count).